The van der Waals surface area contributed by atoms with Gasteiger partial charge in [-0.2, -0.15) is 13.2 Å². The van der Waals surface area contributed by atoms with Crippen molar-refractivity contribution in [2.75, 3.05) is 13.2 Å². The Hall–Kier alpha value is -1.11. The van der Waals surface area contributed by atoms with E-state index in [0.29, 0.717) is 5.56 Å². The summed E-state index contributed by atoms with van der Waals surface area (Å²) >= 11 is 0. The average molecular weight is 248 g/mol. The fourth-order valence-electron chi connectivity index (χ4n) is 1.48. The molecule has 17 heavy (non-hydrogen) atoms. The van der Waals surface area contributed by atoms with Crippen molar-refractivity contribution in [1.82, 2.24) is 5.32 Å². The number of benzene rings is 1. The molecule has 1 rings (SSSR count). The molecule has 0 aliphatic heterocycles. The van der Waals surface area contributed by atoms with Gasteiger partial charge in [0, 0.05) is 6.54 Å². The van der Waals surface area contributed by atoms with Crippen LogP contribution < -0.4 is 11.1 Å². The first-order valence-electron chi connectivity index (χ1n) is 5.17. The van der Waals surface area contributed by atoms with E-state index < -0.39 is 31.4 Å². The molecule has 2 atom stereocenters. The highest BCUT2D eigenvalue weighted by atomic mass is 19.4. The monoisotopic (exact) mass is 248 g/mol. The van der Waals surface area contributed by atoms with E-state index in [2.05, 4.69) is 5.32 Å². The SMILES string of the molecule is NCC(NC(CO)c1ccccc1)C(F)(F)F. The van der Waals surface area contributed by atoms with Crippen molar-refractivity contribution < 1.29 is 18.3 Å². The van der Waals surface area contributed by atoms with Crippen LogP contribution in [-0.2, 0) is 0 Å². The number of halogens is 3. The topological polar surface area (TPSA) is 58.3 Å². The highest BCUT2D eigenvalue weighted by Crippen LogP contribution is 2.22. The van der Waals surface area contributed by atoms with Gasteiger partial charge < -0.3 is 10.8 Å². The molecule has 0 bridgehead atoms. The summed E-state index contributed by atoms with van der Waals surface area (Å²) in [4.78, 5) is 0. The summed E-state index contributed by atoms with van der Waals surface area (Å²) in [5.74, 6) is 0. The zero-order valence-electron chi connectivity index (χ0n) is 9.11. The zero-order chi connectivity index (χ0) is 12.9. The molecule has 0 saturated carbocycles. The fourth-order valence-corrected chi connectivity index (χ4v) is 1.48. The highest BCUT2D eigenvalue weighted by molar-refractivity contribution is 5.19. The largest absolute Gasteiger partial charge is 0.405 e. The molecule has 0 amide bonds. The van der Waals surface area contributed by atoms with E-state index in [1.807, 2.05) is 0 Å². The van der Waals surface area contributed by atoms with Gasteiger partial charge in [-0.1, -0.05) is 30.3 Å². The maximum atomic E-state index is 12.5. The lowest BCUT2D eigenvalue weighted by Crippen LogP contribution is -2.49. The molecule has 0 aromatic heterocycles. The molecule has 96 valence electrons. The Morgan fingerprint density at radius 1 is 1.24 bits per heavy atom. The number of nitrogens with two attached hydrogens (primary N) is 1. The van der Waals surface area contributed by atoms with Crippen LogP contribution in [0, 0.1) is 0 Å². The third-order valence-corrected chi connectivity index (χ3v) is 2.42. The third-order valence-electron chi connectivity index (χ3n) is 2.42. The van der Waals surface area contributed by atoms with Gasteiger partial charge in [-0.3, -0.25) is 5.32 Å². The molecule has 0 aliphatic carbocycles. The lowest BCUT2D eigenvalue weighted by Gasteiger charge is -2.25. The van der Waals surface area contributed by atoms with E-state index >= 15 is 0 Å². The van der Waals surface area contributed by atoms with Gasteiger partial charge in [0.05, 0.1) is 12.6 Å². The summed E-state index contributed by atoms with van der Waals surface area (Å²) in [5, 5.41) is 11.4. The summed E-state index contributed by atoms with van der Waals surface area (Å²) in [6.45, 7) is -0.983. The van der Waals surface area contributed by atoms with Crippen molar-refractivity contribution in [2.45, 2.75) is 18.3 Å². The normalized spacial score (nSPS) is 15.6. The quantitative estimate of drug-likeness (QED) is 0.734. The van der Waals surface area contributed by atoms with Crippen molar-refractivity contribution in [3.8, 4) is 0 Å². The van der Waals surface area contributed by atoms with Gasteiger partial charge in [-0.15, -0.1) is 0 Å². The van der Waals surface area contributed by atoms with E-state index in [9.17, 15) is 13.2 Å². The Labute approximate surface area is 97.4 Å². The van der Waals surface area contributed by atoms with Crippen LogP contribution in [0.2, 0.25) is 0 Å². The minimum Gasteiger partial charge on any atom is -0.394 e. The molecule has 1 aromatic carbocycles. The lowest BCUT2D eigenvalue weighted by atomic mass is 10.1. The van der Waals surface area contributed by atoms with Gasteiger partial charge >= 0.3 is 6.18 Å². The standard InChI is InChI=1S/C11H15F3N2O/c12-11(13,14)10(6-15)16-9(7-17)8-4-2-1-3-5-8/h1-5,9-10,16-17H,6-7,15H2. The second kappa shape index (κ2) is 6.00. The van der Waals surface area contributed by atoms with Crippen LogP contribution in [-0.4, -0.2) is 30.5 Å². The summed E-state index contributed by atoms with van der Waals surface area (Å²) in [7, 11) is 0. The van der Waals surface area contributed by atoms with E-state index in [-0.39, 0.29) is 0 Å². The number of rotatable bonds is 5. The van der Waals surface area contributed by atoms with Crippen LogP contribution in [0.15, 0.2) is 30.3 Å². The summed E-state index contributed by atoms with van der Waals surface area (Å²) < 4.78 is 37.5. The molecule has 2 unspecified atom stereocenters. The predicted octanol–water partition coefficient (Wildman–Crippen LogP) is 1.20. The number of nitrogens with one attached hydrogen (secondary N) is 1. The predicted molar refractivity (Wildman–Crippen MR) is 58.3 cm³/mol. The minimum atomic E-state index is -4.42. The Morgan fingerprint density at radius 3 is 2.24 bits per heavy atom. The first kappa shape index (κ1) is 14.0. The lowest BCUT2D eigenvalue weighted by molar-refractivity contribution is -0.156. The molecule has 0 heterocycles. The van der Waals surface area contributed by atoms with Crippen molar-refractivity contribution in [1.29, 1.82) is 0 Å². The molecule has 0 radical (unpaired) electrons. The van der Waals surface area contributed by atoms with E-state index in [4.69, 9.17) is 10.8 Å². The first-order chi connectivity index (χ1) is 7.99. The van der Waals surface area contributed by atoms with E-state index in [0.717, 1.165) is 0 Å². The number of aliphatic hydroxyl groups is 1. The van der Waals surface area contributed by atoms with Crippen molar-refractivity contribution >= 4 is 0 Å². The molecule has 0 saturated heterocycles. The maximum absolute atomic E-state index is 12.5. The summed E-state index contributed by atoms with van der Waals surface area (Å²) in [5.41, 5.74) is 5.67. The molecule has 6 heteroatoms. The summed E-state index contributed by atoms with van der Waals surface area (Å²) in [6, 6.07) is 5.86. The Balaban J connectivity index is 2.76. The van der Waals surface area contributed by atoms with Crippen LogP contribution in [0.3, 0.4) is 0 Å². The van der Waals surface area contributed by atoms with Crippen molar-refractivity contribution in [2.24, 2.45) is 5.73 Å². The Morgan fingerprint density at radius 2 is 1.82 bits per heavy atom. The number of hydrogen-bond acceptors (Lipinski definition) is 3. The third kappa shape index (κ3) is 3.99. The van der Waals surface area contributed by atoms with Gasteiger partial charge in [0.15, 0.2) is 0 Å². The molecule has 1 aromatic rings. The zero-order valence-corrected chi connectivity index (χ0v) is 9.11. The Bertz CT molecular complexity index is 329. The molecule has 0 fully saturated rings. The second-order valence-electron chi connectivity index (χ2n) is 3.64. The van der Waals surface area contributed by atoms with Gasteiger partial charge in [0.2, 0.25) is 0 Å². The molecule has 0 spiro atoms. The second-order valence-corrected chi connectivity index (χ2v) is 3.64. The number of alkyl halides is 3. The molecule has 4 N–H and O–H groups in total. The van der Waals surface area contributed by atoms with Crippen LogP contribution in [0.5, 0.6) is 0 Å². The van der Waals surface area contributed by atoms with Gasteiger partial charge in [0.25, 0.3) is 0 Å². The van der Waals surface area contributed by atoms with Crippen LogP contribution in [0.4, 0.5) is 13.2 Å². The van der Waals surface area contributed by atoms with Crippen molar-refractivity contribution in [3.63, 3.8) is 0 Å². The Kier molecular flexibility index (Phi) is 4.92. The van der Waals surface area contributed by atoms with Crippen LogP contribution in [0.1, 0.15) is 11.6 Å². The first-order valence-corrected chi connectivity index (χ1v) is 5.17. The fraction of sp³-hybridized carbons (Fsp3) is 0.455. The molecular formula is C11H15F3N2O. The van der Waals surface area contributed by atoms with E-state index in [1.54, 1.807) is 30.3 Å². The van der Waals surface area contributed by atoms with Crippen LogP contribution in [0.25, 0.3) is 0 Å². The number of aliphatic hydroxyl groups excluding tert-OH is 1. The van der Waals surface area contributed by atoms with Gasteiger partial charge in [0.1, 0.15) is 6.04 Å². The molecule has 3 nitrogen and oxygen atoms in total. The van der Waals surface area contributed by atoms with Gasteiger partial charge in [-0.25, -0.2) is 0 Å². The molecular weight excluding hydrogens is 233 g/mol. The number of hydrogen-bond donors (Lipinski definition) is 3. The smallest absolute Gasteiger partial charge is 0.394 e. The van der Waals surface area contributed by atoms with Crippen LogP contribution >= 0.6 is 0 Å². The molecule has 0 aliphatic rings. The van der Waals surface area contributed by atoms with Gasteiger partial charge in [-0.05, 0) is 5.56 Å². The minimum absolute atomic E-state index is 0.420. The highest BCUT2D eigenvalue weighted by Gasteiger charge is 2.39. The summed E-state index contributed by atoms with van der Waals surface area (Å²) in [6.07, 6.45) is -4.42. The average Bonchev–Trinajstić information content (AvgIpc) is 2.30. The van der Waals surface area contributed by atoms with Crippen molar-refractivity contribution in [3.05, 3.63) is 35.9 Å². The maximum Gasteiger partial charge on any atom is 0.405 e. The van der Waals surface area contributed by atoms with E-state index in [1.165, 1.54) is 0 Å².